The maximum atomic E-state index is 11.8. The monoisotopic (exact) mass is 266 g/mol. The van der Waals surface area contributed by atoms with Crippen molar-refractivity contribution >= 4 is 11.6 Å². The van der Waals surface area contributed by atoms with E-state index in [0.29, 0.717) is 12.8 Å². The fraction of sp³-hybridized carbons (Fsp3) is 0.500. The molecule has 0 aromatic heterocycles. The lowest BCUT2D eigenvalue weighted by Gasteiger charge is -2.10. The van der Waals surface area contributed by atoms with Gasteiger partial charge in [0.1, 0.15) is 6.61 Å². The second kappa shape index (κ2) is 6.87. The Morgan fingerprint density at radius 1 is 1.18 bits per heavy atom. The van der Waals surface area contributed by atoms with E-state index >= 15 is 0 Å². The highest BCUT2D eigenvalue weighted by Gasteiger charge is 2.27. The molecule has 0 heterocycles. The quantitative estimate of drug-likeness (QED) is 0.550. The van der Waals surface area contributed by atoms with Gasteiger partial charge in [0, 0.05) is 6.61 Å². The minimum absolute atomic E-state index is 0.0789. The Balaban J connectivity index is 2.15. The predicted molar refractivity (Wildman–Crippen MR) is 61.1 cm³/mol. The van der Waals surface area contributed by atoms with Gasteiger partial charge < -0.3 is 4.74 Å². The standard InChI is InChI=1S/C12H14ClF3O/c13-11(10-5-2-1-3-6-10)7-4-8-17-9-12(14,15)16/h1-3,5-6,11H,4,7-9H2. The molecule has 0 fully saturated rings. The van der Waals surface area contributed by atoms with Crippen LogP contribution in [0.15, 0.2) is 30.3 Å². The molecule has 0 amide bonds. The second-order valence-corrected chi connectivity index (χ2v) is 4.22. The molecule has 17 heavy (non-hydrogen) atoms. The molecule has 96 valence electrons. The summed E-state index contributed by atoms with van der Waals surface area (Å²) in [5.74, 6) is 0. The summed E-state index contributed by atoms with van der Waals surface area (Å²) in [4.78, 5) is 0. The van der Waals surface area contributed by atoms with Crippen LogP contribution < -0.4 is 0 Å². The molecule has 1 aromatic rings. The zero-order valence-electron chi connectivity index (χ0n) is 9.21. The molecule has 0 spiro atoms. The topological polar surface area (TPSA) is 9.23 Å². The Kier molecular flexibility index (Phi) is 5.78. The first-order valence-corrected chi connectivity index (χ1v) is 5.76. The highest BCUT2D eigenvalue weighted by atomic mass is 35.5. The summed E-state index contributed by atoms with van der Waals surface area (Å²) in [6.45, 7) is -1.11. The largest absolute Gasteiger partial charge is 0.411 e. The van der Waals surface area contributed by atoms with Crippen molar-refractivity contribution in [2.75, 3.05) is 13.2 Å². The molecule has 1 aromatic carbocycles. The Morgan fingerprint density at radius 3 is 2.41 bits per heavy atom. The van der Waals surface area contributed by atoms with E-state index in [1.54, 1.807) is 0 Å². The lowest BCUT2D eigenvalue weighted by atomic mass is 10.1. The highest BCUT2D eigenvalue weighted by Crippen LogP contribution is 2.25. The summed E-state index contributed by atoms with van der Waals surface area (Å²) in [5.41, 5.74) is 0.977. The molecule has 0 aliphatic heterocycles. The van der Waals surface area contributed by atoms with Crippen molar-refractivity contribution < 1.29 is 17.9 Å². The van der Waals surface area contributed by atoms with Crippen LogP contribution in [0.4, 0.5) is 13.2 Å². The Morgan fingerprint density at radius 2 is 1.82 bits per heavy atom. The van der Waals surface area contributed by atoms with Crippen molar-refractivity contribution in [2.24, 2.45) is 0 Å². The third kappa shape index (κ3) is 6.54. The number of hydrogen-bond donors (Lipinski definition) is 0. The normalized spacial score (nSPS) is 13.6. The van der Waals surface area contributed by atoms with Crippen molar-refractivity contribution in [3.8, 4) is 0 Å². The van der Waals surface area contributed by atoms with E-state index < -0.39 is 12.8 Å². The number of rotatable bonds is 6. The molecule has 1 unspecified atom stereocenters. The summed E-state index contributed by atoms with van der Waals surface area (Å²) in [6.07, 6.45) is -3.14. The second-order valence-electron chi connectivity index (χ2n) is 3.69. The van der Waals surface area contributed by atoms with Crippen LogP contribution >= 0.6 is 11.6 Å². The maximum Gasteiger partial charge on any atom is 0.411 e. The van der Waals surface area contributed by atoms with E-state index in [1.807, 2.05) is 30.3 Å². The zero-order chi connectivity index (χ0) is 12.7. The molecular weight excluding hydrogens is 253 g/mol. The van der Waals surface area contributed by atoms with Crippen molar-refractivity contribution in [2.45, 2.75) is 24.4 Å². The van der Waals surface area contributed by atoms with Gasteiger partial charge in [-0.15, -0.1) is 11.6 Å². The van der Waals surface area contributed by atoms with Gasteiger partial charge in [0.25, 0.3) is 0 Å². The number of ether oxygens (including phenoxy) is 1. The fourth-order valence-electron chi connectivity index (χ4n) is 1.38. The van der Waals surface area contributed by atoms with Crippen molar-refractivity contribution in [1.29, 1.82) is 0 Å². The molecule has 1 atom stereocenters. The number of halogens is 4. The minimum atomic E-state index is -4.25. The highest BCUT2D eigenvalue weighted by molar-refractivity contribution is 6.20. The molecule has 0 aliphatic carbocycles. The van der Waals surface area contributed by atoms with E-state index in [1.165, 1.54) is 0 Å². The van der Waals surface area contributed by atoms with Crippen LogP contribution in [0.1, 0.15) is 23.8 Å². The third-order valence-corrected chi connectivity index (χ3v) is 2.64. The van der Waals surface area contributed by atoms with Gasteiger partial charge in [-0.2, -0.15) is 13.2 Å². The van der Waals surface area contributed by atoms with Gasteiger partial charge in [-0.1, -0.05) is 30.3 Å². The van der Waals surface area contributed by atoms with Crippen LogP contribution in [0.25, 0.3) is 0 Å². The molecule has 5 heteroatoms. The Bertz CT molecular complexity index is 313. The van der Waals surface area contributed by atoms with Crippen molar-refractivity contribution in [3.05, 3.63) is 35.9 Å². The Labute approximate surface area is 104 Å². The van der Waals surface area contributed by atoms with Gasteiger partial charge in [-0.05, 0) is 18.4 Å². The zero-order valence-corrected chi connectivity index (χ0v) is 9.97. The van der Waals surface area contributed by atoms with Crippen LogP contribution in [0.5, 0.6) is 0 Å². The van der Waals surface area contributed by atoms with E-state index in [9.17, 15) is 13.2 Å². The van der Waals surface area contributed by atoms with Crippen LogP contribution in [-0.4, -0.2) is 19.4 Å². The molecular formula is C12H14ClF3O. The van der Waals surface area contributed by atoms with Crippen LogP contribution in [0.3, 0.4) is 0 Å². The van der Waals surface area contributed by atoms with E-state index in [4.69, 9.17) is 11.6 Å². The van der Waals surface area contributed by atoms with Crippen molar-refractivity contribution in [1.82, 2.24) is 0 Å². The lowest BCUT2D eigenvalue weighted by Crippen LogP contribution is -2.17. The minimum Gasteiger partial charge on any atom is -0.372 e. The van der Waals surface area contributed by atoms with Crippen molar-refractivity contribution in [3.63, 3.8) is 0 Å². The number of hydrogen-bond acceptors (Lipinski definition) is 1. The first kappa shape index (κ1) is 14.3. The van der Waals surface area contributed by atoms with Crippen LogP contribution in [-0.2, 0) is 4.74 Å². The smallest absolute Gasteiger partial charge is 0.372 e. The summed E-state index contributed by atoms with van der Waals surface area (Å²) < 4.78 is 39.8. The van der Waals surface area contributed by atoms with Crippen LogP contribution in [0, 0.1) is 0 Å². The molecule has 0 saturated carbocycles. The van der Waals surface area contributed by atoms with E-state index in [0.717, 1.165) is 5.56 Å². The number of alkyl halides is 4. The summed E-state index contributed by atoms with van der Waals surface area (Å²) >= 11 is 6.10. The van der Waals surface area contributed by atoms with Gasteiger partial charge in [0.2, 0.25) is 0 Å². The third-order valence-electron chi connectivity index (χ3n) is 2.17. The number of benzene rings is 1. The molecule has 0 bridgehead atoms. The average Bonchev–Trinajstić information content (AvgIpc) is 2.28. The van der Waals surface area contributed by atoms with E-state index in [-0.39, 0.29) is 12.0 Å². The predicted octanol–water partition coefficient (Wildman–Crippen LogP) is 4.33. The Hall–Kier alpha value is -0.740. The van der Waals surface area contributed by atoms with Crippen LogP contribution in [0.2, 0.25) is 0 Å². The average molecular weight is 267 g/mol. The molecule has 0 aliphatic rings. The van der Waals surface area contributed by atoms with E-state index in [2.05, 4.69) is 4.74 Å². The van der Waals surface area contributed by atoms with Gasteiger partial charge in [-0.25, -0.2) is 0 Å². The summed E-state index contributed by atoms with van der Waals surface area (Å²) in [7, 11) is 0. The summed E-state index contributed by atoms with van der Waals surface area (Å²) in [6, 6.07) is 9.44. The van der Waals surface area contributed by atoms with Gasteiger partial charge in [0.15, 0.2) is 0 Å². The van der Waals surface area contributed by atoms with Gasteiger partial charge >= 0.3 is 6.18 Å². The molecule has 0 radical (unpaired) electrons. The maximum absolute atomic E-state index is 11.8. The molecule has 0 saturated heterocycles. The summed E-state index contributed by atoms with van der Waals surface area (Å²) in [5, 5.41) is -0.175. The first-order valence-electron chi connectivity index (χ1n) is 5.32. The molecule has 1 rings (SSSR count). The van der Waals surface area contributed by atoms with Gasteiger partial charge in [-0.3, -0.25) is 0 Å². The lowest BCUT2D eigenvalue weighted by molar-refractivity contribution is -0.174. The fourth-order valence-corrected chi connectivity index (χ4v) is 1.68. The molecule has 1 nitrogen and oxygen atoms in total. The molecule has 0 N–H and O–H groups in total. The first-order chi connectivity index (χ1) is 7.99. The van der Waals surface area contributed by atoms with Gasteiger partial charge in [0.05, 0.1) is 5.38 Å². The SMILES string of the molecule is FC(F)(F)COCCCC(Cl)c1ccccc1.